The second kappa shape index (κ2) is 9.80. The van der Waals surface area contributed by atoms with E-state index in [0.717, 1.165) is 6.26 Å². The highest BCUT2D eigenvalue weighted by atomic mass is 32.2. The first-order valence-electron chi connectivity index (χ1n) is 9.94. The van der Waals surface area contributed by atoms with Crippen molar-refractivity contribution in [2.45, 2.75) is 22.6 Å². The molecule has 8 nitrogen and oxygen atoms in total. The highest BCUT2D eigenvalue weighted by Crippen LogP contribution is 2.18. The number of hydrogen-bond acceptors (Lipinski definition) is 6. The van der Waals surface area contributed by atoms with Crippen LogP contribution in [-0.4, -0.2) is 71.0 Å². The molecule has 0 saturated carbocycles. The van der Waals surface area contributed by atoms with E-state index in [1.54, 1.807) is 47.4 Å². The van der Waals surface area contributed by atoms with Gasteiger partial charge in [-0.3, -0.25) is 4.79 Å². The summed E-state index contributed by atoms with van der Waals surface area (Å²) in [6, 6.07) is 14.4. The second-order valence-corrected chi connectivity index (χ2v) is 11.2. The molecule has 1 heterocycles. The Morgan fingerprint density at radius 3 is 2.06 bits per heavy atom. The van der Waals surface area contributed by atoms with Gasteiger partial charge in [0.05, 0.1) is 16.4 Å². The molecule has 0 bridgehead atoms. The lowest BCUT2D eigenvalue weighted by Crippen LogP contribution is -2.50. The Kier molecular flexibility index (Phi) is 7.34. The van der Waals surface area contributed by atoms with Gasteiger partial charge in [0.2, 0.25) is 15.9 Å². The van der Waals surface area contributed by atoms with Crippen LogP contribution in [0.5, 0.6) is 5.75 Å². The molecule has 0 atom stereocenters. The first-order valence-corrected chi connectivity index (χ1v) is 13.3. The molecule has 2 aromatic carbocycles. The number of ether oxygens (including phenoxy) is 1. The second-order valence-electron chi connectivity index (χ2n) is 7.29. The molecule has 3 rings (SSSR count). The van der Waals surface area contributed by atoms with Crippen LogP contribution in [0.1, 0.15) is 12.8 Å². The number of carbonyl (C=O) groups excluding carboxylic acids is 1. The Balaban J connectivity index is 1.41. The molecule has 1 aliphatic rings. The first-order chi connectivity index (χ1) is 14.7. The molecular weight excluding hydrogens is 440 g/mol. The van der Waals surface area contributed by atoms with Crippen molar-refractivity contribution in [3.63, 3.8) is 0 Å². The number of hydrogen-bond donors (Lipinski definition) is 0. The minimum absolute atomic E-state index is 0.0345. The topological polar surface area (TPSA) is 101 Å². The normalized spacial score (nSPS) is 15.6. The van der Waals surface area contributed by atoms with Gasteiger partial charge in [-0.2, -0.15) is 4.31 Å². The Bertz CT molecular complexity index is 1090. The fraction of sp³-hybridized carbons (Fsp3) is 0.381. The molecule has 1 aliphatic heterocycles. The summed E-state index contributed by atoms with van der Waals surface area (Å²) in [5, 5.41) is 0. The molecule has 1 saturated heterocycles. The first kappa shape index (κ1) is 23.2. The van der Waals surface area contributed by atoms with E-state index in [1.807, 2.05) is 0 Å². The van der Waals surface area contributed by atoms with Crippen molar-refractivity contribution >= 4 is 25.8 Å². The minimum Gasteiger partial charge on any atom is -0.494 e. The molecular formula is C21H26N2O6S2. The van der Waals surface area contributed by atoms with Gasteiger partial charge in [0, 0.05) is 38.9 Å². The third kappa shape index (κ3) is 6.05. The Morgan fingerprint density at radius 1 is 0.871 bits per heavy atom. The summed E-state index contributed by atoms with van der Waals surface area (Å²) in [6.07, 6.45) is 1.95. The van der Waals surface area contributed by atoms with E-state index in [2.05, 4.69) is 0 Å². The van der Waals surface area contributed by atoms with Crippen molar-refractivity contribution in [2.24, 2.45) is 0 Å². The van der Waals surface area contributed by atoms with E-state index in [0.29, 0.717) is 38.3 Å². The molecule has 31 heavy (non-hydrogen) atoms. The molecule has 2 aromatic rings. The Labute approximate surface area is 183 Å². The van der Waals surface area contributed by atoms with Gasteiger partial charge in [0.1, 0.15) is 5.75 Å². The van der Waals surface area contributed by atoms with Crippen LogP contribution in [0.3, 0.4) is 0 Å². The van der Waals surface area contributed by atoms with Crippen LogP contribution in [0.25, 0.3) is 0 Å². The predicted molar refractivity (Wildman–Crippen MR) is 116 cm³/mol. The van der Waals surface area contributed by atoms with E-state index in [1.165, 1.54) is 16.4 Å². The van der Waals surface area contributed by atoms with Crippen LogP contribution in [0.2, 0.25) is 0 Å². The number of carbonyl (C=O) groups is 1. The summed E-state index contributed by atoms with van der Waals surface area (Å²) in [6.45, 7) is 1.59. The molecule has 0 aromatic heterocycles. The van der Waals surface area contributed by atoms with Crippen LogP contribution in [-0.2, 0) is 24.7 Å². The smallest absolute Gasteiger partial charge is 0.243 e. The zero-order chi connectivity index (χ0) is 22.5. The number of piperazine rings is 1. The maximum absolute atomic E-state index is 12.7. The molecule has 1 amide bonds. The van der Waals surface area contributed by atoms with Gasteiger partial charge in [-0.15, -0.1) is 0 Å². The summed E-state index contributed by atoms with van der Waals surface area (Å²) in [5.41, 5.74) is 0. The van der Waals surface area contributed by atoms with Crippen LogP contribution >= 0.6 is 0 Å². The van der Waals surface area contributed by atoms with Crippen LogP contribution in [0, 0.1) is 0 Å². The quantitative estimate of drug-likeness (QED) is 0.550. The third-order valence-corrected chi connectivity index (χ3v) is 8.07. The van der Waals surface area contributed by atoms with Crippen molar-refractivity contribution in [3.05, 3.63) is 54.6 Å². The van der Waals surface area contributed by atoms with E-state index in [-0.39, 0.29) is 28.8 Å². The number of amides is 1. The lowest BCUT2D eigenvalue weighted by Gasteiger charge is -2.34. The fourth-order valence-corrected chi connectivity index (χ4v) is 5.35. The zero-order valence-corrected chi connectivity index (χ0v) is 18.9. The van der Waals surface area contributed by atoms with Gasteiger partial charge in [-0.05, 0) is 42.8 Å². The van der Waals surface area contributed by atoms with Crippen molar-refractivity contribution in [2.75, 3.05) is 39.0 Å². The molecule has 0 radical (unpaired) electrons. The number of rotatable bonds is 8. The van der Waals surface area contributed by atoms with Crippen molar-refractivity contribution in [3.8, 4) is 5.75 Å². The average molecular weight is 467 g/mol. The summed E-state index contributed by atoms with van der Waals surface area (Å²) in [5.74, 6) is 0.507. The largest absolute Gasteiger partial charge is 0.494 e. The van der Waals surface area contributed by atoms with Gasteiger partial charge < -0.3 is 9.64 Å². The zero-order valence-electron chi connectivity index (χ0n) is 17.3. The lowest BCUT2D eigenvalue weighted by atomic mass is 10.2. The SMILES string of the molecule is CS(=O)(=O)c1ccc(OCCCC(=O)N2CCN(S(=O)(=O)c3ccccc3)CC2)cc1. The molecule has 10 heteroatoms. The summed E-state index contributed by atoms with van der Waals surface area (Å²) >= 11 is 0. The maximum atomic E-state index is 12.7. The van der Waals surface area contributed by atoms with Crippen LogP contribution in [0.4, 0.5) is 0 Å². The van der Waals surface area contributed by atoms with Crippen LogP contribution < -0.4 is 4.74 Å². The molecule has 0 N–H and O–H groups in total. The van der Waals surface area contributed by atoms with Gasteiger partial charge in [0.25, 0.3) is 0 Å². The molecule has 0 unspecified atom stereocenters. The van der Waals surface area contributed by atoms with Crippen molar-refractivity contribution in [1.29, 1.82) is 0 Å². The van der Waals surface area contributed by atoms with Gasteiger partial charge >= 0.3 is 0 Å². The summed E-state index contributed by atoms with van der Waals surface area (Å²) in [7, 11) is -6.78. The predicted octanol–water partition coefficient (Wildman–Crippen LogP) is 1.78. The van der Waals surface area contributed by atoms with Crippen molar-refractivity contribution in [1.82, 2.24) is 9.21 Å². The van der Waals surface area contributed by atoms with E-state index in [9.17, 15) is 21.6 Å². The third-order valence-electron chi connectivity index (χ3n) is 5.03. The molecule has 0 aliphatic carbocycles. The number of sulfone groups is 1. The number of benzene rings is 2. The number of sulfonamides is 1. The standard InChI is InChI=1S/C21H26N2O6S2/c1-30(25,26)19-11-9-18(10-12-19)29-17-5-8-21(24)22-13-15-23(16-14-22)31(27,28)20-6-3-2-4-7-20/h2-4,6-7,9-12H,5,8,13-17H2,1H3. The maximum Gasteiger partial charge on any atom is 0.243 e. The average Bonchev–Trinajstić information content (AvgIpc) is 2.77. The molecule has 0 spiro atoms. The minimum atomic E-state index is -3.54. The van der Waals surface area contributed by atoms with Crippen molar-refractivity contribution < 1.29 is 26.4 Å². The van der Waals surface area contributed by atoms with Gasteiger partial charge in [-0.25, -0.2) is 16.8 Å². The highest BCUT2D eigenvalue weighted by Gasteiger charge is 2.29. The van der Waals surface area contributed by atoms with E-state index in [4.69, 9.17) is 4.74 Å². The monoisotopic (exact) mass is 466 g/mol. The molecule has 1 fully saturated rings. The van der Waals surface area contributed by atoms with E-state index >= 15 is 0 Å². The Morgan fingerprint density at radius 2 is 1.48 bits per heavy atom. The summed E-state index contributed by atoms with van der Waals surface area (Å²) < 4.78 is 55.2. The Hall–Kier alpha value is -2.43. The van der Waals surface area contributed by atoms with Gasteiger partial charge in [0.15, 0.2) is 9.84 Å². The fourth-order valence-electron chi connectivity index (χ4n) is 3.27. The lowest BCUT2D eigenvalue weighted by molar-refractivity contribution is -0.132. The van der Waals surface area contributed by atoms with E-state index < -0.39 is 19.9 Å². The van der Waals surface area contributed by atoms with Crippen LogP contribution in [0.15, 0.2) is 64.4 Å². The molecule has 168 valence electrons. The summed E-state index contributed by atoms with van der Waals surface area (Å²) in [4.78, 5) is 14.6. The van der Waals surface area contributed by atoms with Gasteiger partial charge in [-0.1, -0.05) is 18.2 Å². The highest BCUT2D eigenvalue weighted by molar-refractivity contribution is 7.90. The number of nitrogens with zero attached hydrogens (tertiary/aromatic N) is 2.